The summed E-state index contributed by atoms with van der Waals surface area (Å²) in [5, 5.41) is 0. The van der Waals surface area contributed by atoms with Crippen LogP contribution >= 0.6 is 0 Å². The lowest BCUT2D eigenvalue weighted by Gasteiger charge is -2.36. The number of piperazine rings is 1. The van der Waals surface area contributed by atoms with Crippen molar-refractivity contribution in [2.24, 2.45) is 0 Å². The second kappa shape index (κ2) is 6.36. The molecule has 0 atom stereocenters. The lowest BCUT2D eigenvalue weighted by molar-refractivity contribution is -0.140. The van der Waals surface area contributed by atoms with Gasteiger partial charge < -0.3 is 14.2 Å². The van der Waals surface area contributed by atoms with E-state index in [0.29, 0.717) is 32.0 Å². The van der Waals surface area contributed by atoms with E-state index in [1.807, 2.05) is 18.7 Å². The predicted octanol–water partition coefficient (Wildman–Crippen LogP) is 2.48. The van der Waals surface area contributed by atoms with E-state index in [0.717, 1.165) is 23.3 Å². The van der Waals surface area contributed by atoms with Crippen molar-refractivity contribution in [3.63, 3.8) is 0 Å². The number of hydrogen-bond acceptors (Lipinski definition) is 6. The first-order valence-electron chi connectivity index (χ1n) is 8.53. The van der Waals surface area contributed by atoms with Gasteiger partial charge in [-0.1, -0.05) is 0 Å². The third-order valence-electron chi connectivity index (χ3n) is 4.84. The molecule has 1 aliphatic heterocycles. The van der Waals surface area contributed by atoms with Gasteiger partial charge in [0.1, 0.15) is 12.1 Å². The van der Waals surface area contributed by atoms with Crippen molar-refractivity contribution in [3.05, 3.63) is 41.9 Å². The highest BCUT2D eigenvalue weighted by Crippen LogP contribution is 2.30. The number of fused-ring (bicyclic) bond motifs is 1. The summed E-state index contributed by atoms with van der Waals surface area (Å²) in [4.78, 5) is 20.7. The highest BCUT2D eigenvalue weighted by molar-refractivity contribution is 5.65. The topological polar surface area (TPSA) is 62.5 Å². The molecule has 0 aromatic carbocycles. The van der Waals surface area contributed by atoms with Gasteiger partial charge in [0.05, 0.1) is 0 Å². The summed E-state index contributed by atoms with van der Waals surface area (Å²) in [6.07, 6.45) is 1.03. The summed E-state index contributed by atoms with van der Waals surface area (Å²) >= 11 is 0. The number of aryl methyl sites for hydroxylation is 1. The minimum Gasteiger partial charge on any atom is -0.353 e. The Morgan fingerprint density at radius 3 is 2.26 bits per heavy atom. The highest BCUT2D eigenvalue weighted by atomic mass is 19.4. The molecule has 4 rings (SSSR count). The molecule has 0 unspecified atom stereocenters. The number of alkyl halides is 3. The molecule has 1 aliphatic rings. The average Bonchev–Trinajstić information content (AvgIpc) is 3.09. The molecule has 4 heterocycles. The molecule has 3 aromatic rings. The van der Waals surface area contributed by atoms with Crippen LogP contribution in [0.4, 0.5) is 24.8 Å². The molecule has 0 amide bonds. The SMILES string of the molecule is Cc1ncnc(N2CCN(c3nccn4cc(C(F)(F)F)nc34)CC2)c1C. The molecule has 0 saturated carbocycles. The van der Waals surface area contributed by atoms with Gasteiger partial charge in [0.25, 0.3) is 0 Å². The Kier molecular flexibility index (Phi) is 4.12. The molecule has 142 valence electrons. The number of anilines is 2. The Labute approximate surface area is 153 Å². The maximum absolute atomic E-state index is 13.0. The van der Waals surface area contributed by atoms with Crippen LogP contribution in [-0.4, -0.2) is 50.5 Å². The van der Waals surface area contributed by atoms with Crippen LogP contribution in [0.15, 0.2) is 24.9 Å². The smallest absolute Gasteiger partial charge is 0.353 e. The van der Waals surface area contributed by atoms with Crippen molar-refractivity contribution >= 4 is 17.3 Å². The normalized spacial score (nSPS) is 15.6. The fraction of sp³-hybridized carbons (Fsp3) is 0.412. The molecule has 1 fully saturated rings. The van der Waals surface area contributed by atoms with Crippen LogP contribution < -0.4 is 9.80 Å². The van der Waals surface area contributed by atoms with Crippen LogP contribution in [0.2, 0.25) is 0 Å². The Morgan fingerprint density at radius 1 is 0.926 bits per heavy atom. The quantitative estimate of drug-likeness (QED) is 0.684. The van der Waals surface area contributed by atoms with Gasteiger partial charge in [-0.05, 0) is 13.8 Å². The Bertz CT molecular complexity index is 974. The Balaban J connectivity index is 1.58. The van der Waals surface area contributed by atoms with Gasteiger partial charge in [0, 0.05) is 56.0 Å². The zero-order valence-electron chi connectivity index (χ0n) is 14.9. The van der Waals surface area contributed by atoms with E-state index < -0.39 is 11.9 Å². The van der Waals surface area contributed by atoms with E-state index in [2.05, 4.69) is 24.8 Å². The molecular weight excluding hydrogens is 359 g/mol. The van der Waals surface area contributed by atoms with E-state index in [1.54, 1.807) is 6.33 Å². The maximum Gasteiger partial charge on any atom is 0.434 e. The molecule has 0 spiro atoms. The fourth-order valence-corrected chi connectivity index (χ4v) is 3.24. The van der Waals surface area contributed by atoms with Crippen LogP contribution in [-0.2, 0) is 6.18 Å². The second-order valence-electron chi connectivity index (χ2n) is 6.49. The van der Waals surface area contributed by atoms with E-state index in [-0.39, 0.29) is 5.65 Å². The number of halogens is 3. The van der Waals surface area contributed by atoms with Crippen LogP contribution in [0.3, 0.4) is 0 Å². The van der Waals surface area contributed by atoms with Crippen molar-refractivity contribution < 1.29 is 13.2 Å². The van der Waals surface area contributed by atoms with E-state index in [4.69, 9.17) is 0 Å². The molecule has 7 nitrogen and oxygen atoms in total. The van der Waals surface area contributed by atoms with E-state index in [1.165, 1.54) is 16.8 Å². The summed E-state index contributed by atoms with van der Waals surface area (Å²) in [6.45, 7) is 6.53. The van der Waals surface area contributed by atoms with Crippen molar-refractivity contribution in [2.45, 2.75) is 20.0 Å². The fourth-order valence-electron chi connectivity index (χ4n) is 3.24. The summed E-state index contributed by atoms with van der Waals surface area (Å²) in [7, 11) is 0. The van der Waals surface area contributed by atoms with Crippen LogP contribution in [0.1, 0.15) is 17.0 Å². The van der Waals surface area contributed by atoms with Gasteiger partial charge in [-0.2, -0.15) is 13.2 Å². The lowest BCUT2D eigenvalue weighted by atomic mass is 10.2. The van der Waals surface area contributed by atoms with E-state index >= 15 is 0 Å². The summed E-state index contributed by atoms with van der Waals surface area (Å²) < 4.78 is 40.3. The minimum atomic E-state index is -4.48. The maximum atomic E-state index is 13.0. The number of aromatic nitrogens is 5. The van der Waals surface area contributed by atoms with Gasteiger partial charge in [-0.3, -0.25) is 0 Å². The lowest BCUT2D eigenvalue weighted by Crippen LogP contribution is -2.47. The number of hydrogen-bond donors (Lipinski definition) is 0. The van der Waals surface area contributed by atoms with Gasteiger partial charge in [-0.25, -0.2) is 19.9 Å². The summed E-state index contributed by atoms with van der Waals surface area (Å²) in [6, 6.07) is 0. The Morgan fingerprint density at radius 2 is 1.59 bits per heavy atom. The van der Waals surface area contributed by atoms with Crippen molar-refractivity contribution in [3.8, 4) is 0 Å². The molecule has 0 aliphatic carbocycles. The zero-order chi connectivity index (χ0) is 19.2. The Hall–Kier alpha value is -2.91. The van der Waals surface area contributed by atoms with Crippen molar-refractivity contribution in [1.29, 1.82) is 0 Å². The molecule has 0 radical (unpaired) electrons. The van der Waals surface area contributed by atoms with E-state index in [9.17, 15) is 13.2 Å². The first kappa shape index (κ1) is 17.5. The van der Waals surface area contributed by atoms with Gasteiger partial charge in [0.2, 0.25) is 0 Å². The van der Waals surface area contributed by atoms with Gasteiger partial charge >= 0.3 is 6.18 Å². The molecule has 0 N–H and O–H groups in total. The first-order valence-corrected chi connectivity index (χ1v) is 8.53. The van der Waals surface area contributed by atoms with Crippen LogP contribution in [0, 0.1) is 13.8 Å². The largest absolute Gasteiger partial charge is 0.434 e. The van der Waals surface area contributed by atoms with Gasteiger partial charge in [0.15, 0.2) is 17.2 Å². The third-order valence-corrected chi connectivity index (χ3v) is 4.84. The van der Waals surface area contributed by atoms with Crippen LogP contribution in [0.25, 0.3) is 5.65 Å². The highest BCUT2D eigenvalue weighted by Gasteiger charge is 2.34. The predicted molar refractivity (Wildman–Crippen MR) is 93.9 cm³/mol. The standard InChI is InChI=1S/C17H18F3N7/c1-11-12(2)22-10-23-14(11)25-5-7-26(8-6-25)15-16-24-13(17(18,19)20)9-27(16)4-3-21-15/h3-4,9-10H,5-8H2,1-2H3. The minimum absolute atomic E-state index is 0.215. The third kappa shape index (κ3) is 3.15. The number of nitrogens with zero attached hydrogens (tertiary/aromatic N) is 7. The molecule has 27 heavy (non-hydrogen) atoms. The molecule has 1 saturated heterocycles. The monoisotopic (exact) mass is 377 g/mol. The molecule has 3 aromatic heterocycles. The summed E-state index contributed by atoms with van der Waals surface area (Å²) in [5.41, 5.74) is 1.27. The van der Waals surface area contributed by atoms with Crippen LogP contribution in [0.5, 0.6) is 0 Å². The second-order valence-corrected chi connectivity index (χ2v) is 6.49. The van der Waals surface area contributed by atoms with Crippen molar-refractivity contribution in [2.75, 3.05) is 36.0 Å². The number of imidazole rings is 1. The molecule has 10 heteroatoms. The average molecular weight is 377 g/mol. The van der Waals surface area contributed by atoms with Crippen molar-refractivity contribution in [1.82, 2.24) is 24.3 Å². The summed E-state index contributed by atoms with van der Waals surface area (Å²) in [5.74, 6) is 1.36. The zero-order valence-corrected chi connectivity index (χ0v) is 14.9. The molecule has 0 bridgehead atoms. The molecular formula is C17H18F3N7. The number of rotatable bonds is 2. The first-order chi connectivity index (χ1) is 12.8. The van der Waals surface area contributed by atoms with Gasteiger partial charge in [-0.15, -0.1) is 0 Å².